The predicted octanol–water partition coefficient (Wildman–Crippen LogP) is 2.68. The van der Waals surface area contributed by atoms with Gasteiger partial charge in [0.05, 0.1) is 6.61 Å². The lowest BCUT2D eigenvalue weighted by atomic mass is 10.2. The highest BCUT2D eigenvalue weighted by Gasteiger charge is 2.09. The maximum absolute atomic E-state index is 13.0. The van der Waals surface area contributed by atoms with Crippen LogP contribution in [0.2, 0.25) is 0 Å². The van der Waals surface area contributed by atoms with E-state index in [4.69, 9.17) is 4.74 Å². The second kappa shape index (κ2) is 6.61. The van der Waals surface area contributed by atoms with Crippen LogP contribution in [0.15, 0.2) is 24.3 Å². The van der Waals surface area contributed by atoms with Crippen molar-refractivity contribution in [2.45, 2.75) is 26.4 Å². The van der Waals surface area contributed by atoms with Gasteiger partial charge in [-0.3, -0.25) is 4.90 Å². The number of halogens is 1. The smallest absolute Gasteiger partial charge is 0.123 e. The fourth-order valence-electron chi connectivity index (χ4n) is 1.60. The molecule has 16 heavy (non-hydrogen) atoms. The summed E-state index contributed by atoms with van der Waals surface area (Å²) in [6.07, 6.45) is 0. The average Bonchev–Trinajstić information content (AvgIpc) is 2.24. The van der Waals surface area contributed by atoms with Crippen molar-refractivity contribution in [2.75, 3.05) is 20.3 Å². The number of methoxy groups -OCH3 is 1. The van der Waals surface area contributed by atoms with E-state index in [1.807, 2.05) is 6.07 Å². The van der Waals surface area contributed by atoms with Gasteiger partial charge in [0.15, 0.2) is 0 Å². The summed E-state index contributed by atoms with van der Waals surface area (Å²) in [6.45, 7) is 6.60. The zero-order chi connectivity index (χ0) is 12.0. The van der Waals surface area contributed by atoms with Gasteiger partial charge in [-0.2, -0.15) is 0 Å². The van der Waals surface area contributed by atoms with E-state index >= 15 is 0 Å². The molecule has 0 aliphatic heterocycles. The standard InChI is InChI=1S/C13H20FNO/c1-11(2)15(7-8-16-3)10-12-5-4-6-13(14)9-12/h4-6,9,11H,7-8,10H2,1-3H3. The highest BCUT2D eigenvalue weighted by molar-refractivity contribution is 5.16. The van der Waals surface area contributed by atoms with E-state index in [0.717, 1.165) is 18.7 Å². The minimum atomic E-state index is -0.173. The molecule has 0 unspecified atom stereocenters. The Morgan fingerprint density at radius 2 is 2.12 bits per heavy atom. The van der Waals surface area contributed by atoms with E-state index in [1.165, 1.54) is 6.07 Å². The topological polar surface area (TPSA) is 12.5 Å². The Morgan fingerprint density at radius 3 is 2.69 bits per heavy atom. The number of hydrogen-bond acceptors (Lipinski definition) is 2. The molecule has 1 aromatic carbocycles. The maximum Gasteiger partial charge on any atom is 0.123 e. The van der Waals surface area contributed by atoms with Crippen LogP contribution in [0.25, 0.3) is 0 Å². The Balaban J connectivity index is 2.60. The second-order valence-corrected chi connectivity index (χ2v) is 4.19. The number of nitrogens with zero attached hydrogens (tertiary/aromatic N) is 1. The van der Waals surface area contributed by atoms with Gasteiger partial charge in [-0.15, -0.1) is 0 Å². The lowest BCUT2D eigenvalue weighted by molar-refractivity contribution is 0.125. The molecule has 0 heterocycles. The van der Waals surface area contributed by atoms with Crippen LogP contribution < -0.4 is 0 Å². The van der Waals surface area contributed by atoms with E-state index in [9.17, 15) is 4.39 Å². The molecule has 0 radical (unpaired) electrons. The van der Waals surface area contributed by atoms with Gasteiger partial charge >= 0.3 is 0 Å². The molecule has 0 aliphatic rings. The third-order valence-corrected chi connectivity index (χ3v) is 2.59. The van der Waals surface area contributed by atoms with Crippen LogP contribution in [0.1, 0.15) is 19.4 Å². The fourth-order valence-corrected chi connectivity index (χ4v) is 1.60. The second-order valence-electron chi connectivity index (χ2n) is 4.19. The number of hydrogen-bond donors (Lipinski definition) is 0. The average molecular weight is 225 g/mol. The summed E-state index contributed by atoms with van der Waals surface area (Å²) < 4.78 is 18.1. The summed E-state index contributed by atoms with van der Waals surface area (Å²) in [5.74, 6) is -0.173. The molecule has 0 aliphatic carbocycles. The van der Waals surface area contributed by atoms with Crippen LogP contribution in [0.3, 0.4) is 0 Å². The van der Waals surface area contributed by atoms with Gasteiger partial charge in [0, 0.05) is 26.2 Å². The first-order chi connectivity index (χ1) is 7.63. The van der Waals surface area contributed by atoms with Crippen LogP contribution in [-0.2, 0) is 11.3 Å². The molecule has 2 nitrogen and oxygen atoms in total. The summed E-state index contributed by atoms with van der Waals surface area (Å²) in [5, 5.41) is 0. The van der Waals surface area contributed by atoms with Gasteiger partial charge in [0.1, 0.15) is 5.82 Å². The van der Waals surface area contributed by atoms with Gasteiger partial charge < -0.3 is 4.74 Å². The highest BCUT2D eigenvalue weighted by atomic mass is 19.1. The molecule has 0 bridgehead atoms. The quantitative estimate of drug-likeness (QED) is 0.738. The predicted molar refractivity (Wildman–Crippen MR) is 63.8 cm³/mol. The summed E-state index contributed by atoms with van der Waals surface area (Å²) in [4.78, 5) is 2.26. The minimum absolute atomic E-state index is 0.173. The molecule has 0 aromatic heterocycles. The van der Waals surface area contributed by atoms with Crippen molar-refractivity contribution in [3.05, 3.63) is 35.6 Å². The molecule has 1 rings (SSSR count). The molecule has 0 spiro atoms. The van der Waals surface area contributed by atoms with Crippen molar-refractivity contribution in [2.24, 2.45) is 0 Å². The summed E-state index contributed by atoms with van der Waals surface area (Å²) in [6, 6.07) is 7.18. The normalized spacial score (nSPS) is 11.4. The molecule has 90 valence electrons. The molecule has 1 aromatic rings. The van der Waals surface area contributed by atoms with E-state index in [-0.39, 0.29) is 5.82 Å². The van der Waals surface area contributed by atoms with Crippen LogP contribution in [0.5, 0.6) is 0 Å². The Hall–Kier alpha value is -0.930. The number of benzene rings is 1. The van der Waals surface area contributed by atoms with Crippen LogP contribution in [-0.4, -0.2) is 31.2 Å². The van der Waals surface area contributed by atoms with Crippen molar-refractivity contribution < 1.29 is 9.13 Å². The van der Waals surface area contributed by atoms with E-state index in [2.05, 4.69) is 18.7 Å². The molecular formula is C13H20FNO. The van der Waals surface area contributed by atoms with Crippen molar-refractivity contribution in [1.29, 1.82) is 0 Å². The molecule has 0 saturated carbocycles. The molecular weight excluding hydrogens is 205 g/mol. The van der Waals surface area contributed by atoms with Crippen molar-refractivity contribution >= 4 is 0 Å². The number of ether oxygens (including phenoxy) is 1. The van der Waals surface area contributed by atoms with Crippen LogP contribution >= 0.6 is 0 Å². The highest BCUT2D eigenvalue weighted by Crippen LogP contribution is 2.09. The lowest BCUT2D eigenvalue weighted by Crippen LogP contribution is -2.33. The van der Waals surface area contributed by atoms with Crippen LogP contribution in [0, 0.1) is 5.82 Å². The van der Waals surface area contributed by atoms with Crippen LogP contribution in [0.4, 0.5) is 4.39 Å². The van der Waals surface area contributed by atoms with Gasteiger partial charge in [-0.1, -0.05) is 12.1 Å². The monoisotopic (exact) mass is 225 g/mol. The van der Waals surface area contributed by atoms with E-state index in [1.54, 1.807) is 19.2 Å². The third kappa shape index (κ3) is 4.29. The Bertz CT molecular complexity index is 315. The first kappa shape index (κ1) is 13.1. The SMILES string of the molecule is COCCN(Cc1cccc(F)c1)C(C)C. The fraction of sp³-hybridized carbons (Fsp3) is 0.538. The molecule has 0 N–H and O–H groups in total. The third-order valence-electron chi connectivity index (χ3n) is 2.59. The Labute approximate surface area is 97.0 Å². The van der Waals surface area contributed by atoms with Crippen molar-refractivity contribution in [1.82, 2.24) is 4.90 Å². The Kier molecular flexibility index (Phi) is 5.43. The molecule has 0 atom stereocenters. The van der Waals surface area contributed by atoms with Gasteiger partial charge in [-0.25, -0.2) is 4.39 Å². The summed E-state index contributed by atoms with van der Waals surface area (Å²) in [5.41, 5.74) is 1.00. The zero-order valence-electron chi connectivity index (χ0n) is 10.2. The van der Waals surface area contributed by atoms with Gasteiger partial charge in [0.2, 0.25) is 0 Å². The molecule has 0 amide bonds. The number of rotatable bonds is 6. The van der Waals surface area contributed by atoms with E-state index in [0.29, 0.717) is 12.6 Å². The zero-order valence-corrected chi connectivity index (χ0v) is 10.2. The minimum Gasteiger partial charge on any atom is -0.383 e. The largest absolute Gasteiger partial charge is 0.383 e. The Morgan fingerprint density at radius 1 is 1.38 bits per heavy atom. The van der Waals surface area contributed by atoms with Gasteiger partial charge in [0.25, 0.3) is 0 Å². The van der Waals surface area contributed by atoms with Crippen molar-refractivity contribution in [3.63, 3.8) is 0 Å². The molecule has 0 fully saturated rings. The molecule has 3 heteroatoms. The molecule has 0 saturated heterocycles. The van der Waals surface area contributed by atoms with E-state index < -0.39 is 0 Å². The summed E-state index contributed by atoms with van der Waals surface area (Å²) >= 11 is 0. The first-order valence-electron chi connectivity index (χ1n) is 5.61. The van der Waals surface area contributed by atoms with Crippen molar-refractivity contribution in [3.8, 4) is 0 Å². The summed E-state index contributed by atoms with van der Waals surface area (Å²) in [7, 11) is 1.70. The first-order valence-corrected chi connectivity index (χ1v) is 5.61. The maximum atomic E-state index is 13.0. The lowest BCUT2D eigenvalue weighted by Gasteiger charge is -2.26. The van der Waals surface area contributed by atoms with Gasteiger partial charge in [-0.05, 0) is 31.5 Å².